The Bertz CT molecular complexity index is 890. The molecular weight excluding hydrogens is 475 g/mol. The standard InChI is InChI=1S/C22H24Cl2N2O2.BrH/c1-26(2)17-7-8-18(26)13-19(12-17)28-22(27)25-21-11-16(24)6-9-20(21)14-4-3-5-15(23)10-14;/h3-6,9-11,17-19H,7-8,12-13H2,1-2H3;1H. The fraction of sp³-hybridized carbons (Fsp3) is 0.409. The van der Waals surface area contributed by atoms with Gasteiger partial charge in [0.15, 0.2) is 0 Å². The molecule has 2 unspecified atom stereocenters. The predicted octanol–water partition coefficient (Wildman–Crippen LogP) is 2.98. The second kappa shape index (κ2) is 8.84. The Morgan fingerprint density at radius 1 is 1.03 bits per heavy atom. The number of halogens is 3. The molecule has 0 radical (unpaired) electrons. The van der Waals surface area contributed by atoms with Gasteiger partial charge in [-0.3, -0.25) is 5.32 Å². The van der Waals surface area contributed by atoms with Gasteiger partial charge in [-0.25, -0.2) is 4.79 Å². The van der Waals surface area contributed by atoms with Gasteiger partial charge in [-0.1, -0.05) is 41.4 Å². The molecular formula is C22H25BrCl2N2O2. The van der Waals surface area contributed by atoms with Crippen LogP contribution in [-0.2, 0) is 4.74 Å². The van der Waals surface area contributed by atoms with Crippen LogP contribution in [0.1, 0.15) is 25.7 Å². The molecule has 2 aromatic carbocycles. The van der Waals surface area contributed by atoms with Gasteiger partial charge in [0.1, 0.15) is 6.10 Å². The molecule has 1 amide bonds. The minimum Gasteiger partial charge on any atom is -1.00 e. The summed E-state index contributed by atoms with van der Waals surface area (Å²) in [5.41, 5.74) is 2.38. The van der Waals surface area contributed by atoms with Crippen molar-refractivity contribution in [3.05, 3.63) is 52.5 Å². The molecule has 7 heteroatoms. The van der Waals surface area contributed by atoms with Crippen LogP contribution in [0.4, 0.5) is 10.5 Å². The Hall–Kier alpha value is -1.27. The average Bonchev–Trinajstić information content (AvgIpc) is 2.80. The van der Waals surface area contributed by atoms with E-state index < -0.39 is 6.09 Å². The van der Waals surface area contributed by atoms with Gasteiger partial charge in [0.25, 0.3) is 0 Å². The number of nitrogens with zero attached hydrogens (tertiary/aromatic N) is 1. The van der Waals surface area contributed by atoms with Crippen LogP contribution in [-0.4, -0.2) is 42.9 Å². The summed E-state index contributed by atoms with van der Waals surface area (Å²) >= 11 is 12.3. The van der Waals surface area contributed by atoms with Crippen molar-refractivity contribution in [1.29, 1.82) is 0 Å². The highest BCUT2D eigenvalue weighted by atomic mass is 79.9. The highest BCUT2D eigenvalue weighted by Crippen LogP contribution is 2.40. The van der Waals surface area contributed by atoms with Crippen molar-refractivity contribution in [3.8, 4) is 11.1 Å². The first-order chi connectivity index (χ1) is 13.3. The lowest BCUT2D eigenvalue weighted by molar-refractivity contribution is -0.931. The van der Waals surface area contributed by atoms with Crippen molar-refractivity contribution in [2.24, 2.45) is 0 Å². The second-order valence-electron chi connectivity index (χ2n) is 8.34. The fourth-order valence-electron chi connectivity index (χ4n) is 4.75. The zero-order valence-electron chi connectivity index (χ0n) is 16.5. The number of carbonyl (C=O) groups excluding carboxylic acids is 1. The van der Waals surface area contributed by atoms with Gasteiger partial charge in [0, 0.05) is 41.3 Å². The zero-order valence-corrected chi connectivity index (χ0v) is 19.6. The molecule has 4 nitrogen and oxygen atoms in total. The van der Waals surface area contributed by atoms with E-state index in [1.54, 1.807) is 12.1 Å². The number of rotatable bonds is 3. The van der Waals surface area contributed by atoms with Gasteiger partial charge < -0.3 is 26.2 Å². The quantitative estimate of drug-likeness (QED) is 0.659. The number of benzene rings is 2. The molecule has 2 bridgehead atoms. The minimum absolute atomic E-state index is 0. The van der Waals surface area contributed by atoms with Crippen molar-refractivity contribution in [2.75, 3.05) is 19.4 Å². The Labute approximate surface area is 192 Å². The summed E-state index contributed by atoms with van der Waals surface area (Å²) in [6.45, 7) is 0. The first-order valence-electron chi connectivity index (χ1n) is 9.69. The third-order valence-corrected chi connectivity index (χ3v) is 6.88. The highest BCUT2D eigenvalue weighted by molar-refractivity contribution is 6.31. The Kier molecular flexibility index (Phi) is 6.84. The first kappa shape index (κ1) is 22.4. The smallest absolute Gasteiger partial charge is 0.411 e. The predicted molar refractivity (Wildman–Crippen MR) is 114 cm³/mol. The van der Waals surface area contributed by atoms with Gasteiger partial charge in [-0.05, 0) is 29.8 Å². The van der Waals surface area contributed by atoms with Gasteiger partial charge in [0.05, 0.1) is 31.9 Å². The van der Waals surface area contributed by atoms with E-state index in [1.807, 2.05) is 30.3 Å². The number of quaternary nitrogens is 1. The normalized spacial score (nSPS) is 24.5. The number of hydrogen-bond donors (Lipinski definition) is 1. The van der Waals surface area contributed by atoms with Crippen LogP contribution in [0.2, 0.25) is 10.0 Å². The molecule has 2 atom stereocenters. The monoisotopic (exact) mass is 498 g/mol. The van der Waals surface area contributed by atoms with E-state index in [4.69, 9.17) is 27.9 Å². The SMILES string of the molecule is C[N+]1(C)C2CCC1CC(OC(=O)Nc1cc(Cl)ccc1-c1cccc(Cl)c1)C2.[Br-]. The van der Waals surface area contributed by atoms with Crippen LogP contribution in [0.3, 0.4) is 0 Å². The topological polar surface area (TPSA) is 38.3 Å². The van der Waals surface area contributed by atoms with Crippen molar-refractivity contribution in [3.63, 3.8) is 0 Å². The van der Waals surface area contributed by atoms with Crippen molar-refractivity contribution < 1.29 is 31.0 Å². The van der Waals surface area contributed by atoms with Crippen molar-refractivity contribution in [2.45, 2.75) is 43.9 Å². The number of piperidine rings is 1. The van der Waals surface area contributed by atoms with Crippen LogP contribution in [0.15, 0.2) is 42.5 Å². The van der Waals surface area contributed by atoms with E-state index in [2.05, 4.69) is 19.4 Å². The molecule has 0 saturated carbocycles. The summed E-state index contributed by atoms with van der Waals surface area (Å²) < 4.78 is 6.84. The summed E-state index contributed by atoms with van der Waals surface area (Å²) in [6.07, 6.45) is 3.82. The number of carbonyl (C=O) groups is 1. The third kappa shape index (κ3) is 4.74. The molecule has 2 heterocycles. The van der Waals surface area contributed by atoms with E-state index >= 15 is 0 Å². The molecule has 4 rings (SSSR count). The van der Waals surface area contributed by atoms with Crippen LogP contribution in [0.5, 0.6) is 0 Å². The lowest BCUT2D eigenvalue weighted by Crippen LogP contribution is -3.00. The van der Waals surface area contributed by atoms with Gasteiger partial charge in [-0.15, -0.1) is 0 Å². The molecule has 0 aromatic heterocycles. The molecule has 156 valence electrons. The summed E-state index contributed by atoms with van der Waals surface area (Å²) in [7, 11) is 4.59. The fourth-order valence-corrected chi connectivity index (χ4v) is 5.11. The minimum atomic E-state index is -0.429. The Morgan fingerprint density at radius 3 is 2.34 bits per heavy atom. The number of amides is 1. The largest absolute Gasteiger partial charge is 1.00 e. The van der Waals surface area contributed by atoms with Crippen LogP contribution in [0.25, 0.3) is 11.1 Å². The lowest BCUT2D eigenvalue weighted by Gasteiger charge is -2.43. The van der Waals surface area contributed by atoms with E-state index in [0.717, 1.165) is 28.5 Å². The molecule has 0 spiro atoms. The summed E-state index contributed by atoms with van der Waals surface area (Å²) in [4.78, 5) is 12.6. The number of anilines is 1. The van der Waals surface area contributed by atoms with Gasteiger partial charge >= 0.3 is 6.09 Å². The Morgan fingerprint density at radius 2 is 1.69 bits per heavy atom. The molecule has 2 aliphatic heterocycles. The molecule has 1 N–H and O–H groups in total. The number of ether oxygens (including phenoxy) is 1. The van der Waals surface area contributed by atoms with Crippen LogP contribution < -0.4 is 22.3 Å². The Balaban J connectivity index is 0.00000240. The van der Waals surface area contributed by atoms with Crippen molar-refractivity contribution in [1.82, 2.24) is 0 Å². The van der Waals surface area contributed by atoms with E-state index in [-0.39, 0.29) is 23.1 Å². The summed E-state index contributed by atoms with van der Waals surface area (Å²) in [6, 6.07) is 14.1. The second-order valence-corrected chi connectivity index (χ2v) is 9.21. The number of nitrogens with one attached hydrogen (secondary N) is 1. The molecule has 2 aliphatic rings. The molecule has 2 fully saturated rings. The zero-order chi connectivity index (χ0) is 19.9. The maximum atomic E-state index is 12.6. The van der Waals surface area contributed by atoms with E-state index in [1.165, 1.54) is 12.8 Å². The third-order valence-electron chi connectivity index (χ3n) is 6.41. The molecule has 29 heavy (non-hydrogen) atoms. The van der Waals surface area contributed by atoms with Crippen molar-refractivity contribution >= 4 is 35.0 Å². The maximum absolute atomic E-state index is 12.6. The van der Waals surface area contributed by atoms with Crippen LogP contribution >= 0.6 is 23.2 Å². The molecule has 0 aliphatic carbocycles. The summed E-state index contributed by atoms with van der Waals surface area (Å²) in [5.74, 6) is 0. The molecule has 2 aromatic rings. The average molecular weight is 500 g/mol. The first-order valence-corrected chi connectivity index (χ1v) is 10.4. The van der Waals surface area contributed by atoms with Crippen LogP contribution in [0, 0.1) is 0 Å². The maximum Gasteiger partial charge on any atom is 0.411 e. The molecule has 2 saturated heterocycles. The number of hydrogen-bond acceptors (Lipinski definition) is 2. The number of fused-ring (bicyclic) bond motifs is 2. The van der Waals surface area contributed by atoms with Gasteiger partial charge in [0.2, 0.25) is 0 Å². The summed E-state index contributed by atoms with van der Waals surface area (Å²) in [5, 5.41) is 4.08. The van der Waals surface area contributed by atoms with Gasteiger partial charge in [-0.2, -0.15) is 0 Å². The highest BCUT2D eigenvalue weighted by Gasteiger charge is 2.49. The lowest BCUT2D eigenvalue weighted by atomic mass is 9.98. The van der Waals surface area contributed by atoms with E-state index in [9.17, 15) is 4.79 Å². The van der Waals surface area contributed by atoms with E-state index in [0.29, 0.717) is 27.8 Å².